The van der Waals surface area contributed by atoms with Gasteiger partial charge in [0.15, 0.2) is 0 Å². The summed E-state index contributed by atoms with van der Waals surface area (Å²) in [6.07, 6.45) is 6.73. The molecule has 0 radical (unpaired) electrons. The van der Waals surface area contributed by atoms with Gasteiger partial charge in [-0.3, -0.25) is 0 Å². The summed E-state index contributed by atoms with van der Waals surface area (Å²) >= 11 is 0. The molecule has 2 aliphatic heterocycles. The molecule has 0 amide bonds. The van der Waals surface area contributed by atoms with Crippen molar-refractivity contribution in [2.75, 3.05) is 19.6 Å². The molecule has 30 heavy (non-hydrogen) atoms. The number of hydrogen-bond acceptors (Lipinski definition) is 4. The monoisotopic (exact) mass is 407 g/mol. The van der Waals surface area contributed by atoms with E-state index >= 15 is 0 Å². The minimum Gasteiger partial charge on any atom is -0.457 e. The molecule has 4 nitrogen and oxygen atoms in total. The zero-order valence-corrected chi connectivity index (χ0v) is 17.4. The van der Waals surface area contributed by atoms with Crippen LogP contribution in [0.5, 0.6) is 0 Å². The molecule has 2 aromatic rings. The molecular weight excluding hydrogens is 377 g/mol. The number of rotatable bonds is 3. The van der Waals surface area contributed by atoms with Crippen molar-refractivity contribution in [3.05, 3.63) is 71.0 Å². The summed E-state index contributed by atoms with van der Waals surface area (Å²) in [4.78, 5) is 7.10. The molecule has 0 spiro atoms. The van der Waals surface area contributed by atoms with Crippen molar-refractivity contribution < 1.29 is 9.13 Å². The van der Waals surface area contributed by atoms with Crippen molar-refractivity contribution in [1.82, 2.24) is 4.90 Å². The Hall–Kier alpha value is -2.40. The Morgan fingerprint density at radius 1 is 1.10 bits per heavy atom. The van der Waals surface area contributed by atoms with E-state index in [-0.39, 0.29) is 17.5 Å². The Balaban J connectivity index is 1.52. The number of ether oxygens (including phenoxy) is 1. The Labute approximate surface area is 177 Å². The van der Waals surface area contributed by atoms with E-state index in [0.717, 1.165) is 31.5 Å². The quantitative estimate of drug-likeness (QED) is 0.819. The molecule has 3 aliphatic rings. The number of amidine groups is 1. The van der Waals surface area contributed by atoms with Gasteiger partial charge in [0.25, 0.3) is 6.02 Å². The van der Waals surface area contributed by atoms with E-state index in [0.29, 0.717) is 18.5 Å². The van der Waals surface area contributed by atoms with Crippen LogP contribution in [0.1, 0.15) is 54.8 Å². The Morgan fingerprint density at radius 3 is 2.63 bits per heavy atom. The first-order chi connectivity index (χ1) is 14.7. The summed E-state index contributed by atoms with van der Waals surface area (Å²) in [5, 5.41) is 0. The molecule has 2 N–H and O–H groups in total. The van der Waals surface area contributed by atoms with Crippen LogP contribution in [-0.4, -0.2) is 36.2 Å². The summed E-state index contributed by atoms with van der Waals surface area (Å²) in [5.74, 6) is 0.290. The average Bonchev–Trinajstić information content (AvgIpc) is 3.35. The van der Waals surface area contributed by atoms with Crippen molar-refractivity contribution in [2.45, 2.75) is 50.2 Å². The summed E-state index contributed by atoms with van der Waals surface area (Å²) in [5.41, 5.74) is 9.63. The lowest BCUT2D eigenvalue weighted by Gasteiger charge is -2.46. The van der Waals surface area contributed by atoms with Gasteiger partial charge in [-0.05, 0) is 48.1 Å². The third-order valence-corrected chi connectivity index (χ3v) is 7.24. The van der Waals surface area contributed by atoms with Gasteiger partial charge in [-0.15, -0.1) is 0 Å². The highest BCUT2D eigenvalue weighted by molar-refractivity contribution is 5.77. The predicted molar refractivity (Wildman–Crippen MR) is 117 cm³/mol. The van der Waals surface area contributed by atoms with Gasteiger partial charge in [0.1, 0.15) is 11.4 Å². The topological polar surface area (TPSA) is 50.8 Å². The standard InChI is InChI=1S/C25H30FN3O/c26-21-11-9-19(10-12-21)23-22-8-4-1-5-18(22)13-16-29(23)24-28-15-14-25(17-27,30-24)20-6-2-3-7-20/h1,4-5,8-12,20,23H,2-3,6-7,13-17,27H2/t23-,25+/m0/s1. The number of hydrogen-bond donors (Lipinski definition) is 1. The van der Waals surface area contributed by atoms with Crippen molar-refractivity contribution in [3.63, 3.8) is 0 Å². The van der Waals surface area contributed by atoms with Crippen LogP contribution >= 0.6 is 0 Å². The minimum atomic E-state index is -0.308. The van der Waals surface area contributed by atoms with Crippen LogP contribution in [0.2, 0.25) is 0 Å². The lowest BCUT2D eigenvalue weighted by molar-refractivity contribution is -0.0275. The number of aliphatic imine (C=N–C) groups is 1. The molecule has 1 saturated carbocycles. The molecule has 0 bridgehead atoms. The molecular formula is C25H30FN3O. The van der Waals surface area contributed by atoms with Crippen LogP contribution < -0.4 is 5.73 Å². The van der Waals surface area contributed by atoms with Gasteiger partial charge in [0, 0.05) is 32.0 Å². The van der Waals surface area contributed by atoms with Crippen LogP contribution in [0.15, 0.2) is 53.5 Å². The normalized spacial score (nSPS) is 26.8. The van der Waals surface area contributed by atoms with Gasteiger partial charge < -0.3 is 15.4 Å². The zero-order chi connectivity index (χ0) is 20.6. The lowest BCUT2D eigenvalue weighted by Crippen LogP contribution is -2.55. The molecule has 1 aliphatic carbocycles. The van der Waals surface area contributed by atoms with E-state index in [1.165, 1.54) is 48.9 Å². The van der Waals surface area contributed by atoms with E-state index in [2.05, 4.69) is 29.2 Å². The zero-order valence-electron chi connectivity index (χ0n) is 17.4. The highest BCUT2D eigenvalue weighted by atomic mass is 19.1. The van der Waals surface area contributed by atoms with Crippen molar-refractivity contribution in [1.29, 1.82) is 0 Å². The average molecular weight is 408 g/mol. The fraction of sp³-hybridized carbons (Fsp3) is 0.480. The Kier molecular flexibility index (Phi) is 5.23. The number of benzene rings is 2. The van der Waals surface area contributed by atoms with Crippen LogP contribution in [0.4, 0.5) is 4.39 Å². The van der Waals surface area contributed by atoms with Gasteiger partial charge in [0.2, 0.25) is 0 Å². The fourth-order valence-corrected chi connectivity index (χ4v) is 5.58. The second-order valence-electron chi connectivity index (χ2n) is 8.86. The van der Waals surface area contributed by atoms with Gasteiger partial charge in [-0.25, -0.2) is 9.38 Å². The van der Waals surface area contributed by atoms with Crippen molar-refractivity contribution >= 4 is 6.02 Å². The molecule has 0 saturated heterocycles. The fourth-order valence-electron chi connectivity index (χ4n) is 5.58. The molecule has 0 aromatic heterocycles. The first kappa shape index (κ1) is 19.6. The summed E-state index contributed by atoms with van der Waals surface area (Å²) in [6.45, 7) is 2.10. The third kappa shape index (κ3) is 3.39. The maximum atomic E-state index is 13.6. The number of nitrogens with zero attached hydrogens (tertiary/aromatic N) is 2. The molecule has 5 heteroatoms. The van der Waals surface area contributed by atoms with Gasteiger partial charge in [-0.1, -0.05) is 49.2 Å². The second-order valence-corrected chi connectivity index (χ2v) is 8.86. The van der Waals surface area contributed by atoms with Gasteiger partial charge >= 0.3 is 0 Å². The molecule has 1 fully saturated rings. The largest absolute Gasteiger partial charge is 0.457 e. The number of halogens is 1. The molecule has 2 aromatic carbocycles. The molecule has 5 rings (SSSR count). The SMILES string of the molecule is NC[C@@]1(C2CCCC2)CCN=C(N2CCc3ccccc3[C@@H]2c2ccc(F)cc2)O1. The van der Waals surface area contributed by atoms with Crippen LogP contribution in [0, 0.1) is 11.7 Å². The van der Waals surface area contributed by atoms with Crippen LogP contribution in [-0.2, 0) is 11.2 Å². The lowest BCUT2D eigenvalue weighted by atomic mass is 9.82. The molecule has 0 unspecified atom stereocenters. The third-order valence-electron chi connectivity index (χ3n) is 7.24. The van der Waals surface area contributed by atoms with Crippen molar-refractivity contribution in [2.24, 2.45) is 16.6 Å². The van der Waals surface area contributed by atoms with E-state index in [1.54, 1.807) is 0 Å². The second kappa shape index (κ2) is 8.03. The van der Waals surface area contributed by atoms with E-state index in [4.69, 9.17) is 15.5 Å². The minimum absolute atomic E-state index is 0.0357. The Morgan fingerprint density at radius 2 is 1.87 bits per heavy atom. The predicted octanol–water partition coefficient (Wildman–Crippen LogP) is 4.44. The number of fused-ring (bicyclic) bond motifs is 1. The summed E-state index contributed by atoms with van der Waals surface area (Å²) in [6, 6.07) is 16.0. The van der Waals surface area contributed by atoms with Gasteiger partial charge in [0.05, 0.1) is 6.04 Å². The first-order valence-electron chi connectivity index (χ1n) is 11.2. The molecule has 158 valence electrons. The molecule has 2 atom stereocenters. The smallest absolute Gasteiger partial charge is 0.288 e. The van der Waals surface area contributed by atoms with Crippen LogP contribution in [0.25, 0.3) is 0 Å². The van der Waals surface area contributed by atoms with Crippen molar-refractivity contribution in [3.8, 4) is 0 Å². The first-order valence-corrected chi connectivity index (χ1v) is 11.2. The van der Waals surface area contributed by atoms with E-state index < -0.39 is 0 Å². The van der Waals surface area contributed by atoms with Gasteiger partial charge in [-0.2, -0.15) is 0 Å². The maximum absolute atomic E-state index is 13.6. The van der Waals surface area contributed by atoms with E-state index in [9.17, 15) is 4.39 Å². The number of nitrogens with two attached hydrogens (primary N) is 1. The highest BCUT2D eigenvalue weighted by Crippen LogP contribution is 2.42. The molecule has 2 heterocycles. The maximum Gasteiger partial charge on any atom is 0.288 e. The Bertz CT molecular complexity index is 922. The van der Waals surface area contributed by atoms with Crippen LogP contribution in [0.3, 0.4) is 0 Å². The highest BCUT2D eigenvalue weighted by Gasteiger charge is 2.45. The summed E-state index contributed by atoms with van der Waals surface area (Å²) < 4.78 is 20.4. The van der Waals surface area contributed by atoms with E-state index in [1.807, 2.05) is 12.1 Å². The summed E-state index contributed by atoms with van der Waals surface area (Å²) in [7, 11) is 0.